The van der Waals surface area contributed by atoms with Crippen molar-refractivity contribution in [2.75, 3.05) is 18.0 Å². The summed E-state index contributed by atoms with van der Waals surface area (Å²) in [5.41, 5.74) is 0.364. The molecule has 10 heteroatoms. The Kier molecular flexibility index (Phi) is 9.63. The average molecular weight is 572 g/mol. The maximum Gasteiger partial charge on any atom is 0.264 e. The summed E-state index contributed by atoms with van der Waals surface area (Å²) in [7, 11) is -2.76. The number of nitrogens with zero attached hydrogens (tertiary/aromatic N) is 2. The SMILES string of the molecule is COc1ccccc1N(CC(=O)N(Cc1cccc(Cl)c1)C(C)C(=O)NC(C)(C)C)S(=O)(=O)c1ccccc1. The van der Waals surface area contributed by atoms with Crippen LogP contribution >= 0.6 is 11.6 Å². The number of carbonyl (C=O) groups excluding carboxylic acids is 2. The fraction of sp³-hybridized carbons (Fsp3) is 0.310. The van der Waals surface area contributed by atoms with Crippen molar-refractivity contribution >= 4 is 39.1 Å². The van der Waals surface area contributed by atoms with Crippen molar-refractivity contribution in [3.8, 4) is 5.75 Å². The molecule has 3 aromatic rings. The molecule has 1 unspecified atom stereocenters. The number of hydrogen-bond acceptors (Lipinski definition) is 5. The number of para-hydroxylation sites is 2. The van der Waals surface area contributed by atoms with E-state index in [9.17, 15) is 18.0 Å². The van der Waals surface area contributed by atoms with Gasteiger partial charge in [-0.25, -0.2) is 8.42 Å². The van der Waals surface area contributed by atoms with Crippen LogP contribution in [0.5, 0.6) is 5.75 Å². The molecular weight excluding hydrogens is 538 g/mol. The molecule has 3 aromatic carbocycles. The van der Waals surface area contributed by atoms with Gasteiger partial charge < -0.3 is 15.0 Å². The molecule has 2 amide bonds. The molecule has 3 rings (SSSR count). The van der Waals surface area contributed by atoms with Crippen LogP contribution in [0.3, 0.4) is 0 Å². The highest BCUT2D eigenvalue weighted by Gasteiger charge is 2.34. The molecule has 0 spiro atoms. The predicted molar refractivity (Wildman–Crippen MR) is 153 cm³/mol. The lowest BCUT2D eigenvalue weighted by Crippen LogP contribution is -2.54. The molecule has 0 radical (unpaired) electrons. The summed E-state index contributed by atoms with van der Waals surface area (Å²) in [6.07, 6.45) is 0. The molecule has 0 fully saturated rings. The maximum atomic E-state index is 14.0. The number of nitrogens with one attached hydrogen (secondary N) is 1. The molecule has 0 aliphatic carbocycles. The Morgan fingerprint density at radius 2 is 1.62 bits per heavy atom. The van der Waals surface area contributed by atoms with E-state index in [-0.39, 0.29) is 28.8 Å². The molecular formula is C29H34ClN3O5S. The van der Waals surface area contributed by atoms with Crippen LogP contribution in [0.15, 0.2) is 83.8 Å². The molecule has 39 heavy (non-hydrogen) atoms. The predicted octanol–water partition coefficient (Wildman–Crippen LogP) is 4.88. The number of rotatable bonds is 10. The summed E-state index contributed by atoms with van der Waals surface area (Å²) in [4.78, 5) is 28.5. The van der Waals surface area contributed by atoms with Gasteiger partial charge in [-0.1, -0.05) is 54.1 Å². The quantitative estimate of drug-likeness (QED) is 0.374. The Balaban J connectivity index is 2.07. The van der Waals surface area contributed by atoms with Crippen molar-refractivity contribution in [2.45, 2.75) is 50.7 Å². The minimum atomic E-state index is -4.19. The number of hydrogen-bond donors (Lipinski definition) is 1. The lowest BCUT2D eigenvalue weighted by atomic mass is 10.1. The third-order valence-electron chi connectivity index (χ3n) is 5.87. The zero-order valence-corrected chi connectivity index (χ0v) is 24.3. The third-order valence-corrected chi connectivity index (χ3v) is 7.88. The lowest BCUT2D eigenvalue weighted by Gasteiger charge is -2.33. The van der Waals surface area contributed by atoms with E-state index >= 15 is 0 Å². The average Bonchev–Trinajstić information content (AvgIpc) is 2.89. The number of sulfonamides is 1. The molecule has 1 atom stereocenters. The molecule has 0 aromatic heterocycles. The second kappa shape index (κ2) is 12.5. The number of ether oxygens (including phenoxy) is 1. The standard InChI is InChI=1S/C29H34ClN3O5S/c1-21(28(35)31-29(2,3)4)32(19-22-12-11-13-23(30)18-22)27(34)20-33(25-16-9-10-17-26(25)38-5)39(36,37)24-14-7-6-8-15-24/h6-18,21H,19-20H2,1-5H3,(H,31,35). The van der Waals surface area contributed by atoms with Crippen molar-refractivity contribution in [3.05, 3.63) is 89.4 Å². The highest BCUT2D eigenvalue weighted by Crippen LogP contribution is 2.32. The monoisotopic (exact) mass is 571 g/mol. The molecule has 0 heterocycles. The number of halogens is 1. The fourth-order valence-corrected chi connectivity index (χ4v) is 5.62. The molecule has 208 valence electrons. The first kappa shape index (κ1) is 30.0. The van der Waals surface area contributed by atoms with Gasteiger partial charge in [-0.2, -0.15) is 0 Å². The highest BCUT2D eigenvalue weighted by molar-refractivity contribution is 7.92. The van der Waals surface area contributed by atoms with Gasteiger partial charge >= 0.3 is 0 Å². The van der Waals surface area contributed by atoms with E-state index in [1.807, 2.05) is 20.8 Å². The van der Waals surface area contributed by atoms with E-state index in [0.717, 1.165) is 4.31 Å². The lowest BCUT2D eigenvalue weighted by molar-refractivity contribution is -0.140. The topological polar surface area (TPSA) is 96.0 Å². The van der Waals surface area contributed by atoms with Crippen molar-refractivity contribution in [2.24, 2.45) is 0 Å². The van der Waals surface area contributed by atoms with E-state index in [2.05, 4.69) is 5.32 Å². The van der Waals surface area contributed by atoms with Crippen molar-refractivity contribution in [1.82, 2.24) is 10.2 Å². The Morgan fingerprint density at radius 3 is 2.23 bits per heavy atom. The summed E-state index contributed by atoms with van der Waals surface area (Å²) in [6.45, 7) is 6.63. The number of anilines is 1. The molecule has 0 aliphatic rings. The molecule has 0 aliphatic heterocycles. The van der Waals surface area contributed by atoms with Crippen LogP contribution in [0.4, 0.5) is 5.69 Å². The van der Waals surface area contributed by atoms with Gasteiger partial charge in [-0.15, -0.1) is 0 Å². The van der Waals surface area contributed by atoms with Crippen LogP contribution in [0.25, 0.3) is 0 Å². The summed E-state index contributed by atoms with van der Waals surface area (Å²) in [5.74, 6) is -0.658. The first-order valence-corrected chi connectivity index (χ1v) is 14.2. The van der Waals surface area contributed by atoms with Gasteiger partial charge in [-0.05, 0) is 69.7 Å². The van der Waals surface area contributed by atoms with E-state index in [1.165, 1.54) is 24.1 Å². The minimum absolute atomic E-state index is 0.0172. The van der Waals surface area contributed by atoms with Gasteiger partial charge in [0.15, 0.2) is 0 Å². The zero-order valence-electron chi connectivity index (χ0n) is 22.7. The van der Waals surface area contributed by atoms with Crippen LogP contribution in [0.1, 0.15) is 33.3 Å². The van der Waals surface area contributed by atoms with Gasteiger partial charge in [0.2, 0.25) is 11.8 Å². The van der Waals surface area contributed by atoms with Gasteiger partial charge in [0.25, 0.3) is 10.0 Å². The van der Waals surface area contributed by atoms with Crippen molar-refractivity contribution in [1.29, 1.82) is 0 Å². The smallest absolute Gasteiger partial charge is 0.264 e. The van der Waals surface area contributed by atoms with Crippen LogP contribution in [-0.2, 0) is 26.2 Å². The summed E-state index contributed by atoms with van der Waals surface area (Å²) >= 11 is 6.18. The first-order chi connectivity index (χ1) is 18.3. The summed E-state index contributed by atoms with van der Waals surface area (Å²) < 4.78 is 34.2. The molecule has 1 N–H and O–H groups in total. The Hall–Kier alpha value is -3.56. The van der Waals surface area contributed by atoms with Crippen molar-refractivity contribution < 1.29 is 22.7 Å². The van der Waals surface area contributed by atoms with Crippen LogP contribution in [0.2, 0.25) is 5.02 Å². The van der Waals surface area contributed by atoms with E-state index < -0.39 is 34.1 Å². The van der Waals surface area contributed by atoms with Crippen LogP contribution in [-0.4, -0.2) is 50.4 Å². The summed E-state index contributed by atoms with van der Waals surface area (Å²) in [5, 5.41) is 3.38. The minimum Gasteiger partial charge on any atom is -0.495 e. The Labute approximate surface area is 235 Å². The van der Waals surface area contributed by atoms with E-state index in [0.29, 0.717) is 10.6 Å². The second-order valence-corrected chi connectivity index (χ2v) is 12.4. The highest BCUT2D eigenvalue weighted by atomic mass is 35.5. The van der Waals surface area contributed by atoms with Gasteiger partial charge in [0, 0.05) is 17.1 Å². The fourth-order valence-electron chi connectivity index (χ4n) is 3.96. The van der Waals surface area contributed by atoms with Gasteiger partial charge in [0.05, 0.1) is 17.7 Å². The number of methoxy groups -OCH3 is 1. The molecule has 0 bridgehead atoms. The molecule has 0 saturated heterocycles. The maximum absolute atomic E-state index is 14.0. The largest absolute Gasteiger partial charge is 0.495 e. The number of benzene rings is 3. The zero-order chi connectivity index (χ0) is 28.8. The first-order valence-electron chi connectivity index (χ1n) is 12.4. The van der Waals surface area contributed by atoms with E-state index in [4.69, 9.17) is 16.3 Å². The number of amides is 2. The molecule has 8 nitrogen and oxygen atoms in total. The van der Waals surface area contributed by atoms with Crippen LogP contribution in [0, 0.1) is 0 Å². The Morgan fingerprint density at radius 1 is 0.974 bits per heavy atom. The summed E-state index contributed by atoms with van der Waals surface area (Å²) in [6, 6.07) is 20.5. The van der Waals surface area contributed by atoms with Crippen LogP contribution < -0.4 is 14.4 Å². The normalized spacial score (nSPS) is 12.4. The third kappa shape index (κ3) is 7.74. The second-order valence-electron chi connectivity index (χ2n) is 10.1. The van der Waals surface area contributed by atoms with Gasteiger partial charge in [0.1, 0.15) is 18.3 Å². The number of carbonyl (C=O) groups is 2. The van der Waals surface area contributed by atoms with E-state index in [1.54, 1.807) is 73.7 Å². The molecule has 0 saturated carbocycles. The van der Waals surface area contributed by atoms with Gasteiger partial charge in [-0.3, -0.25) is 13.9 Å². The Bertz CT molecular complexity index is 1410. The van der Waals surface area contributed by atoms with Crippen molar-refractivity contribution in [3.63, 3.8) is 0 Å².